The molecular formula is C21H25FN2O3S. The standard InChI is InChI=1S/C21H25FN2O3S/c1-15(2)19-7-3-4-8-20(19)23-21(25)16-6-5-13-24(14-16)28(26,27)18-11-9-17(22)10-12-18/h3-4,7-12,15-16H,5-6,13-14H2,1-2H3,(H,23,25)/t16-/m0/s1. The Morgan fingerprint density at radius 3 is 2.50 bits per heavy atom. The SMILES string of the molecule is CC(C)c1ccccc1NC(=O)[C@H]1CCCN(S(=O)(=O)c2ccc(F)cc2)C1. The largest absolute Gasteiger partial charge is 0.326 e. The van der Waals surface area contributed by atoms with E-state index in [4.69, 9.17) is 0 Å². The molecule has 0 aliphatic carbocycles. The van der Waals surface area contributed by atoms with Gasteiger partial charge < -0.3 is 5.32 Å². The topological polar surface area (TPSA) is 66.5 Å². The van der Waals surface area contributed by atoms with Crippen molar-refractivity contribution in [3.05, 3.63) is 59.9 Å². The molecule has 0 saturated carbocycles. The summed E-state index contributed by atoms with van der Waals surface area (Å²) in [4.78, 5) is 12.9. The predicted octanol–water partition coefficient (Wildman–Crippen LogP) is 3.99. The van der Waals surface area contributed by atoms with Crippen LogP contribution in [0, 0.1) is 11.7 Å². The number of nitrogens with one attached hydrogen (secondary N) is 1. The first-order chi connectivity index (χ1) is 13.3. The van der Waals surface area contributed by atoms with Crippen molar-refractivity contribution in [3.63, 3.8) is 0 Å². The van der Waals surface area contributed by atoms with Crippen molar-refractivity contribution in [2.24, 2.45) is 5.92 Å². The van der Waals surface area contributed by atoms with Crippen molar-refractivity contribution in [1.82, 2.24) is 4.31 Å². The van der Waals surface area contributed by atoms with E-state index in [0.717, 1.165) is 23.4 Å². The number of halogens is 1. The zero-order valence-electron chi connectivity index (χ0n) is 16.1. The van der Waals surface area contributed by atoms with E-state index < -0.39 is 21.8 Å². The number of sulfonamides is 1. The normalized spacial score (nSPS) is 18.2. The second-order valence-electron chi connectivity index (χ2n) is 7.39. The molecule has 2 aromatic carbocycles. The van der Waals surface area contributed by atoms with Gasteiger partial charge in [-0.05, 0) is 54.7 Å². The van der Waals surface area contributed by atoms with Gasteiger partial charge in [0.1, 0.15) is 5.82 Å². The first kappa shape index (κ1) is 20.5. The zero-order valence-corrected chi connectivity index (χ0v) is 16.9. The average Bonchev–Trinajstić information content (AvgIpc) is 2.68. The number of carbonyl (C=O) groups is 1. The van der Waals surface area contributed by atoms with E-state index >= 15 is 0 Å². The number of hydrogen-bond acceptors (Lipinski definition) is 3. The molecule has 1 heterocycles. The van der Waals surface area contributed by atoms with Gasteiger partial charge in [-0.3, -0.25) is 4.79 Å². The molecule has 1 amide bonds. The van der Waals surface area contributed by atoms with Crippen LogP contribution in [0.5, 0.6) is 0 Å². The van der Waals surface area contributed by atoms with Gasteiger partial charge in [-0.2, -0.15) is 4.31 Å². The minimum Gasteiger partial charge on any atom is -0.326 e. The molecule has 7 heteroatoms. The number of para-hydroxylation sites is 1. The van der Waals surface area contributed by atoms with Crippen LogP contribution in [-0.4, -0.2) is 31.7 Å². The van der Waals surface area contributed by atoms with Gasteiger partial charge in [0, 0.05) is 18.8 Å². The third kappa shape index (κ3) is 4.42. The van der Waals surface area contributed by atoms with Crippen molar-refractivity contribution in [2.45, 2.75) is 37.5 Å². The summed E-state index contributed by atoms with van der Waals surface area (Å²) >= 11 is 0. The molecule has 1 atom stereocenters. The number of hydrogen-bond donors (Lipinski definition) is 1. The van der Waals surface area contributed by atoms with Gasteiger partial charge >= 0.3 is 0 Å². The Hall–Kier alpha value is -2.25. The third-order valence-corrected chi connectivity index (χ3v) is 6.93. The van der Waals surface area contributed by atoms with E-state index in [0.29, 0.717) is 19.4 Å². The van der Waals surface area contributed by atoms with Crippen LogP contribution in [0.15, 0.2) is 53.4 Å². The lowest BCUT2D eigenvalue weighted by atomic mass is 9.97. The van der Waals surface area contributed by atoms with Crippen LogP contribution in [0.25, 0.3) is 0 Å². The smallest absolute Gasteiger partial charge is 0.243 e. The second kappa shape index (κ2) is 8.41. The summed E-state index contributed by atoms with van der Waals surface area (Å²) in [6, 6.07) is 12.4. The molecule has 0 bridgehead atoms. The highest BCUT2D eigenvalue weighted by molar-refractivity contribution is 7.89. The molecule has 2 aromatic rings. The number of piperidine rings is 1. The Bertz CT molecular complexity index is 942. The fourth-order valence-electron chi connectivity index (χ4n) is 3.48. The molecule has 1 aliphatic heterocycles. The fraction of sp³-hybridized carbons (Fsp3) is 0.381. The van der Waals surface area contributed by atoms with E-state index in [1.54, 1.807) is 0 Å². The lowest BCUT2D eigenvalue weighted by Crippen LogP contribution is -2.43. The Balaban J connectivity index is 1.74. The van der Waals surface area contributed by atoms with Crippen LogP contribution in [-0.2, 0) is 14.8 Å². The molecule has 1 saturated heterocycles. The fourth-order valence-corrected chi connectivity index (χ4v) is 5.00. The quantitative estimate of drug-likeness (QED) is 0.819. The Morgan fingerprint density at radius 1 is 1.14 bits per heavy atom. The molecule has 0 radical (unpaired) electrons. The van der Waals surface area contributed by atoms with Gasteiger partial charge in [0.2, 0.25) is 15.9 Å². The molecule has 1 fully saturated rings. The highest BCUT2D eigenvalue weighted by Gasteiger charge is 2.33. The molecule has 0 unspecified atom stereocenters. The van der Waals surface area contributed by atoms with Gasteiger partial charge in [-0.25, -0.2) is 12.8 Å². The van der Waals surface area contributed by atoms with Crippen LogP contribution in [0.4, 0.5) is 10.1 Å². The number of nitrogens with zero attached hydrogens (tertiary/aromatic N) is 1. The van der Waals surface area contributed by atoms with Crippen molar-refractivity contribution in [1.29, 1.82) is 0 Å². The molecule has 28 heavy (non-hydrogen) atoms. The summed E-state index contributed by atoms with van der Waals surface area (Å²) in [6.45, 7) is 4.59. The molecular weight excluding hydrogens is 379 g/mol. The molecule has 150 valence electrons. The van der Waals surface area contributed by atoms with Crippen molar-refractivity contribution >= 4 is 21.6 Å². The van der Waals surface area contributed by atoms with Crippen LogP contribution < -0.4 is 5.32 Å². The maximum atomic E-state index is 13.1. The maximum absolute atomic E-state index is 13.1. The van der Waals surface area contributed by atoms with E-state index in [9.17, 15) is 17.6 Å². The molecule has 0 spiro atoms. The number of amides is 1. The van der Waals surface area contributed by atoms with Crippen LogP contribution in [0.3, 0.4) is 0 Å². The summed E-state index contributed by atoms with van der Waals surface area (Å²) < 4.78 is 40.1. The van der Waals surface area contributed by atoms with E-state index in [2.05, 4.69) is 19.2 Å². The van der Waals surface area contributed by atoms with Crippen LogP contribution in [0.1, 0.15) is 38.2 Å². The average molecular weight is 405 g/mol. The summed E-state index contributed by atoms with van der Waals surface area (Å²) in [6.07, 6.45) is 1.23. The van der Waals surface area contributed by atoms with Gasteiger partial charge in [0.15, 0.2) is 0 Å². The molecule has 1 N–H and O–H groups in total. The number of anilines is 1. The minimum absolute atomic E-state index is 0.0418. The summed E-state index contributed by atoms with van der Waals surface area (Å²) in [7, 11) is -3.75. The lowest BCUT2D eigenvalue weighted by molar-refractivity contribution is -0.120. The molecule has 0 aromatic heterocycles. The minimum atomic E-state index is -3.75. The molecule has 1 aliphatic rings. The van der Waals surface area contributed by atoms with E-state index in [-0.39, 0.29) is 23.3 Å². The summed E-state index contributed by atoms with van der Waals surface area (Å²) in [5, 5.41) is 2.97. The summed E-state index contributed by atoms with van der Waals surface area (Å²) in [5.74, 6) is -0.826. The van der Waals surface area contributed by atoms with Crippen molar-refractivity contribution in [3.8, 4) is 0 Å². The first-order valence-corrected chi connectivity index (χ1v) is 10.9. The van der Waals surface area contributed by atoms with Gasteiger partial charge in [0.05, 0.1) is 10.8 Å². The van der Waals surface area contributed by atoms with Gasteiger partial charge in [0.25, 0.3) is 0 Å². The highest BCUT2D eigenvalue weighted by Crippen LogP contribution is 2.27. The Labute approximate surface area is 165 Å². The first-order valence-electron chi connectivity index (χ1n) is 9.44. The molecule has 5 nitrogen and oxygen atoms in total. The Kier molecular flexibility index (Phi) is 6.15. The highest BCUT2D eigenvalue weighted by atomic mass is 32.2. The van der Waals surface area contributed by atoms with E-state index in [1.807, 2.05) is 24.3 Å². The molecule has 3 rings (SSSR count). The number of carbonyl (C=O) groups excluding carboxylic acids is 1. The zero-order chi connectivity index (χ0) is 20.3. The predicted molar refractivity (Wildman–Crippen MR) is 107 cm³/mol. The van der Waals surface area contributed by atoms with E-state index in [1.165, 1.54) is 16.4 Å². The van der Waals surface area contributed by atoms with Gasteiger partial charge in [-0.15, -0.1) is 0 Å². The second-order valence-corrected chi connectivity index (χ2v) is 9.33. The third-order valence-electron chi connectivity index (χ3n) is 5.05. The van der Waals surface area contributed by atoms with Gasteiger partial charge in [-0.1, -0.05) is 32.0 Å². The van der Waals surface area contributed by atoms with Crippen molar-refractivity contribution in [2.75, 3.05) is 18.4 Å². The number of benzene rings is 2. The Morgan fingerprint density at radius 2 is 1.82 bits per heavy atom. The van der Waals surface area contributed by atoms with Crippen molar-refractivity contribution < 1.29 is 17.6 Å². The summed E-state index contributed by atoms with van der Waals surface area (Å²) in [5.41, 5.74) is 1.81. The van der Waals surface area contributed by atoms with Crippen LogP contribution in [0.2, 0.25) is 0 Å². The monoisotopic (exact) mass is 404 g/mol. The number of rotatable bonds is 5. The maximum Gasteiger partial charge on any atom is 0.243 e. The van der Waals surface area contributed by atoms with Crippen LogP contribution >= 0.6 is 0 Å². The lowest BCUT2D eigenvalue weighted by Gasteiger charge is -2.31.